The van der Waals surface area contributed by atoms with Crippen molar-refractivity contribution in [3.63, 3.8) is 0 Å². The molecule has 2 heterocycles. The molecule has 1 aromatic carbocycles. The van der Waals surface area contributed by atoms with Crippen LogP contribution in [0, 0.1) is 12.7 Å². The Balaban J connectivity index is 1.90. The number of benzene rings is 1. The van der Waals surface area contributed by atoms with Gasteiger partial charge in [-0.15, -0.1) is 0 Å². The fourth-order valence-electron chi connectivity index (χ4n) is 3.25. The number of ether oxygens (including phenoxy) is 1. The lowest BCUT2D eigenvalue weighted by atomic mass is 9.92. The Morgan fingerprint density at radius 1 is 1.33 bits per heavy atom. The number of fused-ring (bicyclic) bond motifs is 1. The van der Waals surface area contributed by atoms with Gasteiger partial charge in [-0.25, -0.2) is 9.37 Å². The highest BCUT2D eigenvalue weighted by molar-refractivity contribution is 5.77. The van der Waals surface area contributed by atoms with Gasteiger partial charge in [0.2, 0.25) is 5.91 Å². The van der Waals surface area contributed by atoms with Crippen molar-refractivity contribution in [1.29, 1.82) is 0 Å². The van der Waals surface area contributed by atoms with Gasteiger partial charge in [-0.3, -0.25) is 4.79 Å². The molecule has 6 heteroatoms. The number of aryl methyl sites for hydroxylation is 1. The Hall–Kier alpha value is -2.73. The second kappa shape index (κ2) is 8.77. The number of methoxy groups -OCH3 is 1. The van der Waals surface area contributed by atoms with E-state index in [1.807, 2.05) is 35.7 Å². The Morgan fingerprint density at radius 2 is 2.19 bits per heavy atom. The van der Waals surface area contributed by atoms with Crippen molar-refractivity contribution in [2.24, 2.45) is 0 Å². The molecule has 3 aromatic rings. The topological polar surface area (TPSA) is 55.6 Å². The molecule has 1 unspecified atom stereocenters. The molecule has 1 atom stereocenters. The standard InChI is InChI=1S/C21H24FN3O2/c1-15-6-4-10-25-19(14-24-21(15)25)18(16-7-3-8-17(22)12-16)13-20(26)23-9-5-11-27-2/h3-4,6-8,10,12,14,18H,5,9,11,13H2,1-2H3,(H,23,26). The highest BCUT2D eigenvalue weighted by Gasteiger charge is 2.22. The number of hydrogen-bond acceptors (Lipinski definition) is 3. The van der Waals surface area contributed by atoms with Gasteiger partial charge in [-0.1, -0.05) is 18.2 Å². The number of halogens is 1. The maximum atomic E-state index is 13.8. The summed E-state index contributed by atoms with van der Waals surface area (Å²) in [5.41, 5.74) is 3.51. The van der Waals surface area contributed by atoms with E-state index in [-0.39, 0.29) is 24.1 Å². The van der Waals surface area contributed by atoms with E-state index in [1.54, 1.807) is 19.4 Å². The van der Waals surface area contributed by atoms with Crippen LogP contribution in [-0.2, 0) is 9.53 Å². The van der Waals surface area contributed by atoms with Gasteiger partial charge in [0.05, 0.1) is 5.69 Å². The number of aromatic nitrogens is 2. The Labute approximate surface area is 158 Å². The maximum Gasteiger partial charge on any atom is 0.221 e. The number of nitrogens with one attached hydrogen (secondary N) is 1. The number of rotatable bonds is 8. The van der Waals surface area contributed by atoms with Gasteiger partial charge in [0.15, 0.2) is 0 Å². The van der Waals surface area contributed by atoms with E-state index in [0.29, 0.717) is 13.2 Å². The van der Waals surface area contributed by atoms with Crippen LogP contribution in [0.5, 0.6) is 0 Å². The van der Waals surface area contributed by atoms with Crippen molar-refractivity contribution in [2.75, 3.05) is 20.3 Å². The van der Waals surface area contributed by atoms with Crippen molar-refractivity contribution < 1.29 is 13.9 Å². The molecule has 1 amide bonds. The van der Waals surface area contributed by atoms with Gasteiger partial charge in [0, 0.05) is 45.0 Å². The Morgan fingerprint density at radius 3 is 2.96 bits per heavy atom. The van der Waals surface area contributed by atoms with Crippen LogP contribution in [0.1, 0.15) is 35.6 Å². The van der Waals surface area contributed by atoms with Gasteiger partial charge in [0.25, 0.3) is 0 Å². The lowest BCUT2D eigenvalue weighted by Gasteiger charge is -2.18. The molecule has 0 aliphatic carbocycles. The molecule has 3 rings (SSSR count). The third-order valence-electron chi connectivity index (χ3n) is 4.60. The molecule has 0 bridgehead atoms. The maximum absolute atomic E-state index is 13.8. The number of nitrogens with zero attached hydrogens (tertiary/aromatic N) is 2. The monoisotopic (exact) mass is 369 g/mol. The molecule has 0 saturated carbocycles. The van der Waals surface area contributed by atoms with Crippen LogP contribution in [-0.4, -0.2) is 35.6 Å². The minimum atomic E-state index is -0.317. The average Bonchev–Trinajstić information content (AvgIpc) is 3.08. The molecule has 0 radical (unpaired) electrons. The SMILES string of the molecule is COCCCNC(=O)CC(c1cccc(F)c1)c1cnc2c(C)cccn12. The molecule has 0 spiro atoms. The molecule has 142 valence electrons. The molecule has 27 heavy (non-hydrogen) atoms. The third kappa shape index (κ3) is 4.52. The largest absolute Gasteiger partial charge is 0.385 e. The number of pyridine rings is 1. The van der Waals surface area contributed by atoms with Gasteiger partial charge in [0.1, 0.15) is 11.5 Å². The summed E-state index contributed by atoms with van der Waals surface area (Å²) in [5, 5.41) is 2.91. The summed E-state index contributed by atoms with van der Waals surface area (Å²) in [7, 11) is 1.63. The quantitative estimate of drug-likeness (QED) is 0.619. The fourth-order valence-corrected chi connectivity index (χ4v) is 3.25. The van der Waals surface area contributed by atoms with Gasteiger partial charge >= 0.3 is 0 Å². The zero-order valence-electron chi connectivity index (χ0n) is 15.6. The second-order valence-electron chi connectivity index (χ2n) is 6.58. The first-order valence-electron chi connectivity index (χ1n) is 9.04. The predicted molar refractivity (Wildman–Crippen MR) is 102 cm³/mol. The first kappa shape index (κ1) is 19.0. The Kier molecular flexibility index (Phi) is 6.19. The summed E-state index contributed by atoms with van der Waals surface area (Å²) < 4.78 is 20.8. The van der Waals surface area contributed by atoms with Gasteiger partial charge in [-0.2, -0.15) is 0 Å². The molecule has 0 saturated heterocycles. The van der Waals surface area contributed by atoms with Gasteiger partial charge in [-0.05, 0) is 42.7 Å². The summed E-state index contributed by atoms with van der Waals surface area (Å²) >= 11 is 0. The number of carbonyl (C=O) groups is 1. The minimum absolute atomic E-state index is 0.0806. The number of hydrogen-bond donors (Lipinski definition) is 1. The minimum Gasteiger partial charge on any atom is -0.385 e. The summed E-state index contributed by atoms with van der Waals surface area (Å²) in [4.78, 5) is 17.0. The summed E-state index contributed by atoms with van der Waals surface area (Å²) in [6, 6.07) is 10.3. The van der Waals surface area contributed by atoms with Crippen LogP contribution in [0.4, 0.5) is 4.39 Å². The Bertz CT molecular complexity index is 923. The highest BCUT2D eigenvalue weighted by atomic mass is 19.1. The van der Waals surface area contributed by atoms with Crippen molar-refractivity contribution in [3.8, 4) is 0 Å². The smallest absolute Gasteiger partial charge is 0.221 e. The van der Waals surface area contributed by atoms with E-state index in [1.165, 1.54) is 12.1 Å². The second-order valence-corrected chi connectivity index (χ2v) is 6.58. The van der Waals surface area contributed by atoms with E-state index >= 15 is 0 Å². The van der Waals surface area contributed by atoms with Gasteiger partial charge < -0.3 is 14.5 Å². The molecule has 0 aliphatic heterocycles. The molecular formula is C21H24FN3O2. The molecule has 5 nitrogen and oxygen atoms in total. The van der Waals surface area contributed by atoms with Crippen LogP contribution in [0.15, 0.2) is 48.8 Å². The van der Waals surface area contributed by atoms with Crippen molar-refractivity contribution >= 4 is 11.6 Å². The van der Waals surface area contributed by atoms with E-state index < -0.39 is 0 Å². The highest BCUT2D eigenvalue weighted by Crippen LogP contribution is 2.29. The van der Waals surface area contributed by atoms with E-state index in [0.717, 1.165) is 28.9 Å². The first-order chi connectivity index (χ1) is 13.1. The van der Waals surface area contributed by atoms with Crippen LogP contribution < -0.4 is 5.32 Å². The average molecular weight is 369 g/mol. The summed E-state index contributed by atoms with van der Waals surface area (Å²) in [5.74, 6) is -0.689. The van der Waals surface area contributed by atoms with E-state index in [2.05, 4.69) is 10.3 Å². The molecule has 0 aliphatic rings. The fraction of sp³-hybridized carbons (Fsp3) is 0.333. The van der Waals surface area contributed by atoms with Crippen LogP contribution >= 0.6 is 0 Å². The van der Waals surface area contributed by atoms with Crippen molar-refractivity contribution in [2.45, 2.75) is 25.7 Å². The lowest BCUT2D eigenvalue weighted by Crippen LogP contribution is -2.27. The molecule has 2 aromatic heterocycles. The number of amides is 1. The predicted octanol–water partition coefficient (Wildman–Crippen LogP) is 3.46. The van der Waals surface area contributed by atoms with Crippen LogP contribution in [0.3, 0.4) is 0 Å². The number of imidazole rings is 1. The van der Waals surface area contributed by atoms with E-state index in [9.17, 15) is 9.18 Å². The molecular weight excluding hydrogens is 345 g/mol. The summed E-state index contributed by atoms with van der Waals surface area (Å²) in [6.07, 6.45) is 4.67. The zero-order chi connectivity index (χ0) is 19.2. The molecule has 0 fully saturated rings. The van der Waals surface area contributed by atoms with Crippen LogP contribution in [0.25, 0.3) is 5.65 Å². The number of carbonyl (C=O) groups excluding carboxylic acids is 1. The zero-order valence-corrected chi connectivity index (χ0v) is 15.6. The molecule has 1 N–H and O–H groups in total. The lowest BCUT2D eigenvalue weighted by molar-refractivity contribution is -0.121. The first-order valence-corrected chi connectivity index (χ1v) is 9.04. The van der Waals surface area contributed by atoms with Crippen LogP contribution in [0.2, 0.25) is 0 Å². The normalized spacial score (nSPS) is 12.3. The van der Waals surface area contributed by atoms with Crippen molar-refractivity contribution in [3.05, 3.63) is 71.4 Å². The summed E-state index contributed by atoms with van der Waals surface area (Å²) in [6.45, 7) is 3.14. The van der Waals surface area contributed by atoms with Crippen molar-refractivity contribution in [1.82, 2.24) is 14.7 Å². The van der Waals surface area contributed by atoms with E-state index in [4.69, 9.17) is 4.74 Å². The third-order valence-corrected chi connectivity index (χ3v) is 4.60.